The molecular weight excluding hydrogens is 466 g/mol. The van der Waals surface area contributed by atoms with Crippen molar-refractivity contribution in [2.75, 3.05) is 60.0 Å². The monoisotopic (exact) mass is 501 g/mol. The van der Waals surface area contributed by atoms with Crippen molar-refractivity contribution < 1.29 is 22.7 Å². The number of rotatable bonds is 8. The van der Waals surface area contributed by atoms with E-state index in [1.165, 1.54) is 11.4 Å². The van der Waals surface area contributed by atoms with E-state index in [1.807, 2.05) is 35.2 Å². The van der Waals surface area contributed by atoms with E-state index in [4.69, 9.17) is 9.47 Å². The van der Waals surface area contributed by atoms with Crippen molar-refractivity contribution in [3.63, 3.8) is 0 Å². The Morgan fingerprint density at radius 2 is 1.69 bits per heavy atom. The summed E-state index contributed by atoms with van der Waals surface area (Å²) in [5.41, 5.74) is -0.611. The molecule has 0 aliphatic carbocycles. The average molecular weight is 502 g/mol. The Kier molecular flexibility index (Phi) is 7.98. The summed E-state index contributed by atoms with van der Waals surface area (Å²) in [5.74, 6) is 1.27. The molecule has 9 heteroatoms. The van der Waals surface area contributed by atoms with E-state index >= 15 is 0 Å². The molecule has 0 N–H and O–H groups in total. The molecule has 0 aromatic heterocycles. The van der Waals surface area contributed by atoms with E-state index in [0.717, 1.165) is 19.5 Å². The van der Waals surface area contributed by atoms with Crippen molar-refractivity contribution in [1.29, 1.82) is 0 Å². The predicted molar refractivity (Wildman–Crippen MR) is 134 cm³/mol. The van der Waals surface area contributed by atoms with Crippen molar-refractivity contribution in [3.05, 3.63) is 54.6 Å². The van der Waals surface area contributed by atoms with Crippen LogP contribution in [-0.4, -0.2) is 88.5 Å². The first kappa shape index (κ1) is 25.5. The van der Waals surface area contributed by atoms with Crippen LogP contribution in [0.1, 0.15) is 19.3 Å². The van der Waals surface area contributed by atoms with Gasteiger partial charge in [0.05, 0.1) is 18.6 Å². The van der Waals surface area contributed by atoms with Crippen molar-refractivity contribution in [1.82, 2.24) is 14.1 Å². The lowest BCUT2D eigenvalue weighted by atomic mass is 9.78. The third-order valence-electron chi connectivity index (χ3n) is 6.98. The van der Waals surface area contributed by atoms with Crippen LogP contribution in [0.5, 0.6) is 11.5 Å². The minimum Gasteiger partial charge on any atom is -0.497 e. The minimum absolute atomic E-state index is 0.0652. The number of carbonyl (C=O) groups is 1. The number of hydrogen-bond acceptors (Lipinski definition) is 6. The Morgan fingerprint density at radius 3 is 2.40 bits per heavy atom. The molecule has 8 nitrogen and oxygen atoms in total. The molecule has 1 amide bonds. The summed E-state index contributed by atoms with van der Waals surface area (Å²) in [6.07, 6.45) is 1.65. The quantitative estimate of drug-likeness (QED) is 0.554. The fourth-order valence-electron chi connectivity index (χ4n) is 4.83. The molecule has 0 radical (unpaired) electrons. The summed E-state index contributed by atoms with van der Waals surface area (Å²) in [7, 11) is -0.179. The summed E-state index contributed by atoms with van der Waals surface area (Å²) in [4.78, 5) is 17.7. The number of sulfonamides is 1. The molecule has 2 aromatic carbocycles. The smallest absolute Gasteiger partial charge is 0.243 e. The maximum atomic E-state index is 13.6. The number of para-hydroxylation sites is 1. The fourth-order valence-corrected chi connectivity index (χ4v) is 6.46. The van der Waals surface area contributed by atoms with E-state index in [-0.39, 0.29) is 30.4 Å². The molecule has 1 atom stereocenters. The summed E-state index contributed by atoms with van der Waals surface area (Å²) in [5, 5.41) is 0. The van der Waals surface area contributed by atoms with Gasteiger partial charge >= 0.3 is 0 Å². The number of hydrogen-bond donors (Lipinski definition) is 0. The molecule has 2 aliphatic heterocycles. The SMILES string of the molecule is COc1cccc(S(=O)(=O)N2CCCC(COc3ccccc3)(CC(=O)N3CCN(C)CC3)C2)c1. The molecule has 2 aromatic rings. The lowest BCUT2D eigenvalue weighted by molar-refractivity contribution is -0.136. The van der Waals surface area contributed by atoms with E-state index in [0.29, 0.717) is 37.6 Å². The number of nitrogens with zero attached hydrogens (tertiary/aromatic N) is 3. The Labute approximate surface area is 208 Å². The van der Waals surface area contributed by atoms with Crippen LogP contribution >= 0.6 is 0 Å². The van der Waals surface area contributed by atoms with Gasteiger partial charge in [-0.1, -0.05) is 24.3 Å². The highest BCUT2D eigenvalue weighted by atomic mass is 32.2. The van der Waals surface area contributed by atoms with E-state index in [1.54, 1.807) is 24.3 Å². The van der Waals surface area contributed by atoms with Gasteiger partial charge in [-0.2, -0.15) is 4.31 Å². The zero-order valence-electron chi connectivity index (χ0n) is 20.6. The van der Waals surface area contributed by atoms with Gasteiger partial charge in [-0.15, -0.1) is 0 Å². The van der Waals surface area contributed by atoms with Gasteiger partial charge in [0.25, 0.3) is 0 Å². The van der Waals surface area contributed by atoms with Gasteiger partial charge in [0.1, 0.15) is 11.5 Å². The number of benzene rings is 2. The molecule has 2 saturated heterocycles. The van der Waals surface area contributed by atoms with Crippen LogP contribution in [0.3, 0.4) is 0 Å². The zero-order chi connectivity index (χ0) is 24.9. The van der Waals surface area contributed by atoms with Crippen LogP contribution in [0, 0.1) is 5.41 Å². The first-order valence-electron chi connectivity index (χ1n) is 12.1. The fraction of sp³-hybridized carbons (Fsp3) is 0.500. The maximum Gasteiger partial charge on any atom is 0.243 e. The molecule has 4 rings (SSSR count). The maximum absolute atomic E-state index is 13.6. The zero-order valence-corrected chi connectivity index (χ0v) is 21.4. The third-order valence-corrected chi connectivity index (χ3v) is 8.82. The third kappa shape index (κ3) is 6.15. The van der Waals surface area contributed by atoms with Gasteiger partial charge in [0, 0.05) is 57.2 Å². The number of methoxy groups -OCH3 is 1. The lowest BCUT2D eigenvalue weighted by Crippen LogP contribution is -2.53. The highest BCUT2D eigenvalue weighted by Crippen LogP contribution is 2.37. The summed E-state index contributed by atoms with van der Waals surface area (Å²) in [6, 6.07) is 16.0. The van der Waals surface area contributed by atoms with Gasteiger partial charge < -0.3 is 19.3 Å². The predicted octanol–water partition coefficient (Wildman–Crippen LogP) is 2.71. The van der Waals surface area contributed by atoms with Crippen LogP contribution in [-0.2, 0) is 14.8 Å². The molecule has 2 heterocycles. The normalized spacial score (nSPS) is 22.1. The van der Waals surface area contributed by atoms with Crippen molar-refractivity contribution in [2.24, 2.45) is 5.41 Å². The van der Waals surface area contributed by atoms with E-state index < -0.39 is 15.4 Å². The number of piperazine rings is 1. The Balaban J connectivity index is 1.57. The standard InChI is InChI=1S/C26H35N3O5S/c1-27-14-16-28(17-15-27)25(30)19-26(21-34-22-8-4-3-5-9-22)12-7-13-29(20-26)35(31,32)24-11-6-10-23(18-24)33-2/h3-6,8-11,18H,7,12-17,19-21H2,1-2H3. The second kappa shape index (κ2) is 11.0. The summed E-state index contributed by atoms with van der Waals surface area (Å²) >= 11 is 0. The largest absolute Gasteiger partial charge is 0.497 e. The number of piperidine rings is 1. The molecular formula is C26H35N3O5S. The van der Waals surface area contributed by atoms with Gasteiger partial charge in [-0.3, -0.25) is 4.79 Å². The number of ether oxygens (including phenoxy) is 2. The Bertz CT molecular complexity index is 1100. The number of likely N-dealkylation sites (N-methyl/N-ethyl adjacent to an activating group) is 1. The van der Waals surface area contributed by atoms with Gasteiger partial charge in [-0.05, 0) is 44.2 Å². The van der Waals surface area contributed by atoms with Crippen molar-refractivity contribution in [3.8, 4) is 11.5 Å². The number of amides is 1. The minimum atomic E-state index is -3.75. The Morgan fingerprint density at radius 1 is 0.971 bits per heavy atom. The second-order valence-corrected chi connectivity index (χ2v) is 11.5. The second-order valence-electron chi connectivity index (χ2n) is 9.58. The van der Waals surface area contributed by atoms with E-state index in [9.17, 15) is 13.2 Å². The van der Waals surface area contributed by atoms with Crippen LogP contribution in [0.15, 0.2) is 59.5 Å². The molecule has 2 aliphatic rings. The first-order chi connectivity index (χ1) is 16.8. The topological polar surface area (TPSA) is 79.4 Å². The van der Waals surface area contributed by atoms with Crippen LogP contribution < -0.4 is 9.47 Å². The van der Waals surface area contributed by atoms with Crippen LogP contribution in [0.4, 0.5) is 0 Å². The van der Waals surface area contributed by atoms with Gasteiger partial charge in [0.15, 0.2) is 0 Å². The summed E-state index contributed by atoms with van der Waals surface area (Å²) < 4.78 is 40.0. The lowest BCUT2D eigenvalue weighted by Gasteiger charge is -2.43. The summed E-state index contributed by atoms with van der Waals surface area (Å²) in [6.45, 7) is 3.99. The molecule has 190 valence electrons. The van der Waals surface area contributed by atoms with Crippen LogP contribution in [0.2, 0.25) is 0 Å². The molecule has 0 saturated carbocycles. The highest BCUT2D eigenvalue weighted by molar-refractivity contribution is 7.89. The Hall–Kier alpha value is -2.62. The highest BCUT2D eigenvalue weighted by Gasteiger charge is 2.43. The first-order valence-corrected chi connectivity index (χ1v) is 13.5. The molecule has 1 unspecified atom stereocenters. The van der Waals surface area contributed by atoms with E-state index in [2.05, 4.69) is 11.9 Å². The number of carbonyl (C=O) groups excluding carboxylic acids is 1. The van der Waals surface area contributed by atoms with Crippen LogP contribution in [0.25, 0.3) is 0 Å². The molecule has 35 heavy (non-hydrogen) atoms. The molecule has 0 bridgehead atoms. The van der Waals surface area contributed by atoms with Crippen molar-refractivity contribution >= 4 is 15.9 Å². The molecule has 2 fully saturated rings. The average Bonchev–Trinajstić information content (AvgIpc) is 2.88. The van der Waals surface area contributed by atoms with Gasteiger partial charge in [0.2, 0.25) is 15.9 Å². The van der Waals surface area contributed by atoms with Gasteiger partial charge in [-0.25, -0.2) is 8.42 Å². The van der Waals surface area contributed by atoms with Crippen molar-refractivity contribution in [2.45, 2.75) is 24.2 Å². The molecule has 0 spiro atoms.